The normalized spacial score (nSPS) is 39.3. The summed E-state index contributed by atoms with van der Waals surface area (Å²) < 4.78 is 37.4. The van der Waals surface area contributed by atoms with Gasteiger partial charge in [0.25, 0.3) is 0 Å². The fraction of sp³-hybridized carbons (Fsp3) is 0.889. The van der Waals surface area contributed by atoms with E-state index < -0.39 is 99.8 Å². The highest BCUT2D eigenvalue weighted by Crippen LogP contribution is 2.32. The van der Waals surface area contributed by atoms with E-state index in [4.69, 9.17) is 43.4 Å². The molecule has 2 aliphatic heterocycles. The fourth-order valence-electron chi connectivity index (χ4n) is 3.69. The number of aliphatic carboxylic acids is 2. The number of hydrogen-bond donors (Lipinski definition) is 6. The Morgan fingerprint density at radius 3 is 1.64 bits per heavy atom. The van der Waals surface area contributed by atoms with E-state index in [-0.39, 0.29) is 0 Å². The van der Waals surface area contributed by atoms with Gasteiger partial charge in [-0.1, -0.05) is 0 Å². The number of aliphatic hydroxyl groups is 4. The molecule has 15 heteroatoms. The van der Waals surface area contributed by atoms with Crippen LogP contribution in [0.1, 0.15) is 0 Å². The van der Waals surface area contributed by atoms with Crippen molar-refractivity contribution in [2.45, 2.75) is 61.4 Å². The minimum absolute atomic E-state index is 0.607. The number of rotatable bonds is 12. The lowest BCUT2D eigenvalue weighted by molar-refractivity contribution is -0.364. The van der Waals surface area contributed by atoms with Crippen molar-refractivity contribution in [2.75, 3.05) is 40.6 Å². The summed E-state index contributed by atoms with van der Waals surface area (Å²) >= 11 is 0. The zero-order valence-corrected chi connectivity index (χ0v) is 18.0. The molecule has 2 saturated heterocycles. The number of ether oxygens (including phenoxy) is 7. The molecular formula is C18H30O15. The van der Waals surface area contributed by atoms with Crippen molar-refractivity contribution < 1.29 is 73.4 Å². The molecule has 0 aromatic carbocycles. The second-order valence-corrected chi connectivity index (χ2v) is 7.31. The van der Waals surface area contributed by atoms with Crippen molar-refractivity contribution in [3.8, 4) is 0 Å². The van der Waals surface area contributed by atoms with Crippen LogP contribution >= 0.6 is 0 Å². The summed E-state index contributed by atoms with van der Waals surface area (Å²) in [6, 6.07) is 0. The van der Waals surface area contributed by atoms with Gasteiger partial charge in [0.2, 0.25) is 0 Å². The largest absolute Gasteiger partial charge is 0.480 e. The Morgan fingerprint density at radius 2 is 1.18 bits per heavy atom. The Morgan fingerprint density at radius 1 is 0.727 bits per heavy atom. The van der Waals surface area contributed by atoms with Gasteiger partial charge in [0.05, 0.1) is 13.2 Å². The van der Waals surface area contributed by atoms with Crippen molar-refractivity contribution in [1.82, 2.24) is 0 Å². The van der Waals surface area contributed by atoms with Gasteiger partial charge >= 0.3 is 11.9 Å². The molecule has 2 aliphatic rings. The summed E-state index contributed by atoms with van der Waals surface area (Å²) in [6.45, 7) is -2.92. The lowest BCUT2D eigenvalue weighted by Crippen LogP contribution is -2.65. The van der Waals surface area contributed by atoms with Crippen LogP contribution in [-0.2, 0) is 42.7 Å². The second kappa shape index (κ2) is 12.8. The molecule has 33 heavy (non-hydrogen) atoms. The molecular weight excluding hydrogens is 456 g/mol. The Kier molecular flexibility index (Phi) is 10.8. The fourth-order valence-corrected chi connectivity index (χ4v) is 3.69. The minimum atomic E-state index is -1.62. The van der Waals surface area contributed by atoms with E-state index in [0.29, 0.717) is 0 Å². The van der Waals surface area contributed by atoms with Crippen LogP contribution in [0.5, 0.6) is 0 Å². The monoisotopic (exact) mass is 486 g/mol. The lowest BCUT2D eigenvalue weighted by atomic mass is 9.96. The third-order valence-electron chi connectivity index (χ3n) is 5.19. The van der Waals surface area contributed by atoms with E-state index >= 15 is 0 Å². The van der Waals surface area contributed by atoms with Crippen molar-refractivity contribution in [3.05, 3.63) is 0 Å². The maximum atomic E-state index is 11.0. The van der Waals surface area contributed by atoms with Gasteiger partial charge in [-0.25, -0.2) is 9.59 Å². The zero-order valence-electron chi connectivity index (χ0n) is 18.0. The number of aliphatic hydroxyl groups excluding tert-OH is 4. The third-order valence-corrected chi connectivity index (χ3v) is 5.19. The summed E-state index contributed by atoms with van der Waals surface area (Å²) in [5, 5.41) is 58.6. The molecule has 0 aromatic rings. The van der Waals surface area contributed by atoms with Crippen LogP contribution < -0.4 is 0 Å². The van der Waals surface area contributed by atoms with E-state index in [1.807, 2.05) is 0 Å². The smallest absolute Gasteiger partial charge is 0.329 e. The SMILES string of the molecule is COC1O[C@H](CO)[C@@H](O[C@@H]2OC(CO)C(OC)[C@H](O)C2OCC(=O)O)C(O)C1OCC(=O)O. The van der Waals surface area contributed by atoms with Crippen LogP contribution in [0.3, 0.4) is 0 Å². The van der Waals surface area contributed by atoms with Gasteiger partial charge in [-0.15, -0.1) is 0 Å². The zero-order chi connectivity index (χ0) is 24.7. The highest BCUT2D eigenvalue weighted by Gasteiger charge is 2.52. The minimum Gasteiger partial charge on any atom is -0.480 e. The summed E-state index contributed by atoms with van der Waals surface area (Å²) in [5.74, 6) is -2.67. The summed E-state index contributed by atoms with van der Waals surface area (Å²) in [4.78, 5) is 21.9. The van der Waals surface area contributed by atoms with Gasteiger partial charge in [0.15, 0.2) is 12.6 Å². The number of carboxylic acids is 2. The molecule has 6 N–H and O–H groups in total. The van der Waals surface area contributed by atoms with Gasteiger partial charge in [-0.3, -0.25) is 0 Å². The van der Waals surface area contributed by atoms with Gasteiger partial charge < -0.3 is 63.8 Å². The average Bonchev–Trinajstić information content (AvgIpc) is 2.78. The van der Waals surface area contributed by atoms with Gasteiger partial charge in [0, 0.05) is 14.2 Å². The van der Waals surface area contributed by atoms with E-state index in [2.05, 4.69) is 0 Å². The van der Waals surface area contributed by atoms with Crippen molar-refractivity contribution >= 4 is 11.9 Å². The average molecular weight is 486 g/mol. The second-order valence-electron chi connectivity index (χ2n) is 7.31. The Bertz CT molecular complexity index is 632. The van der Waals surface area contributed by atoms with Gasteiger partial charge in [0.1, 0.15) is 62.0 Å². The molecule has 0 bridgehead atoms. The van der Waals surface area contributed by atoms with Crippen LogP contribution in [0.25, 0.3) is 0 Å². The van der Waals surface area contributed by atoms with E-state index in [0.717, 1.165) is 0 Å². The molecule has 2 rings (SSSR count). The number of carbonyl (C=O) groups is 2. The molecule has 0 aromatic heterocycles. The van der Waals surface area contributed by atoms with E-state index in [9.17, 15) is 30.0 Å². The molecule has 0 aliphatic carbocycles. The summed E-state index contributed by atoms with van der Waals surface area (Å²) in [7, 11) is 2.46. The summed E-state index contributed by atoms with van der Waals surface area (Å²) in [6.07, 6.45) is -13.6. The van der Waals surface area contributed by atoms with Crippen LogP contribution in [-0.4, -0.2) is 145 Å². The molecule has 6 unspecified atom stereocenters. The Labute approximate surface area is 188 Å². The quantitative estimate of drug-likeness (QED) is 0.155. The maximum absolute atomic E-state index is 11.0. The predicted octanol–water partition coefficient (Wildman–Crippen LogP) is -3.87. The van der Waals surface area contributed by atoms with Crippen molar-refractivity contribution in [2.24, 2.45) is 0 Å². The first-order chi connectivity index (χ1) is 15.7. The molecule has 2 heterocycles. The molecule has 10 atom stereocenters. The Balaban J connectivity index is 2.28. The number of methoxy groups -OCH3 is 2. The van der Waals surface area contributed by atoms with E-state index in [1.54, 1.807) is 0 Å². The number of carboxylic acid groups (broad SMARTS) is 2. The van der Waals surface area contributed by atoms with Crippen LogP contribution in [0.4, 0.5) is 0 Å². The van der Waals surface area contributed by atoms with Crippen molar-refractivity contribution in [3.63, 3.8) is 0 Å². The molecule has 0 spiro atoms. The topological polar surface area (TPSA) is 220 Å². The van der Waals surface area contributed by atoms with Gasteiger partial charge in [-0.2, -0.15) is 0 Å². The highest BCUT2D eigenvalue weighted by atomic mass is 16.8. The first-order valence-electron chi connectivity index (χ1n) is 9.95. The predicted molar refractivity (Wildman–Crippen MR) is 101 cm³/mol. The summed E-state index contributed by atoms with van der Waals surface area (Å²) in [5.41, 5.74) is 0. The molecule has 0 radical (unpaired) electrons. The first-order valence-corrected chi connectivity index (χ1v) is 9.95. The standard InChI is InChI=1S/C18H30O15/c1-27-13-7(3-19)32-18(16(11(13)25)30-6-10(23)24)33-14-8(4-20)31-17(28-2)15(12(14)26)29-5-9(21)22/h7-8,11-20,25-26H,3-6H2,1-2H3,(H,21,22)(H,23,24)/t7?,8-,11+,12?,13?,14-,15?,16?,17?,18+/m1/s1. The van der Waals surface area contributed by atoms with Crippen LogP contribution in [0, 0.1) is 0 Å². The molecule has 0 amide bonds. The van der Waals surface area contributed by atoms with Crippen LogP contribution in [0.15, 0.2) is 0 Å². The van der Waals surface area contributed by atoms with E-state index in [1.165, 1.54) is 14.2 Å². The van der Waals surface area contributed by atoms with Gasteiger partial charge in [-0.05, 0) is 0 Å². The molecule has 0 saturated carbocycles. The molecule has 2 fully saturated rings. The first kappa shape index (κ1) is 27.7. The molecule has 15 nitrogen and oxygen atoms in total. The van der Waals surface area contributed by atoms with Crippen molar-refractivity contribution in [1.29, 1.82) is 0 Å². The Hall–Kier alpha value is -1.50. The third kappa shape index (κ3) is 6.77. The molecule has 192 valence electrons. The number of hydrogen-bond acceptors (Lipinski definition) is 13. The lowest BCUT2D eigenvalue weighted by Gasteiger charge is -2.47. The maximum Gasteiger partial charge on any atom is 0.329 e. The van der Waals surface area contributed by atoms with Crippen LogP contribution in [0.2, 0.25) is 0 Å². The highest BCUT2D eigenvalue weighted by molar-refractivity contribution is 5.68.